The minimum Gasteiger partial charge on any atom is -0.371 e. The Morgan fingerprint density at radius 1 is 0.850 bits per heavy atom. The Bertz CT molecular complexity index is 2150. The molecule has 4 amide bonds. The van der Waals surface area contributed by atoms with Crippen molar-refractivity contribution in [1.29, 1.82) is 0 Å². The number of imidazole rings is 1. The van der Waals surface area contributed by atoms with E-state index in [4.69, 9.17) is 4.98 Å². The van der Waals surface area contributed by atoms with Crippen molar-refractivity contribution < 1.29 is 45.5 Å². The van der Waals surface area contributed by atoms with Crippen LogP contribution in [0.5, 0.6) is 0 Å². The minimum absolute atomic E-state index is 0.117. The highest BCUT2D eigenvalue weighted by Crippen LogP contribution is 2.40. The first-order chi connectivity index (χ1) is 28.3. The zero-order chi connectivity index (χ0) is 43.8. The third-order valence-electron chi connectivity index (χ3n) is 11.9. The first kappa shape index (κ1) is 44.6. The van der Waals surface area contributed by atoms with Crippen LogP contribution >= 0.6 is 0 Å². The van der Waals surface area contributed by atoms with E-state index in [1.807, 2.05) is 0 Å². The molecule has 0 radical (unpaired) electrons. The number of carbonyl (C=O) groups excluding carboxylic acids is 4. The van der Waals surface area contributed by atoms with Crippen LogP contribution in [-0.4, -0.2) is 124 Å². The van der Waals surface area contributed by atoms with Gasteiger partial charge in [0.05, 0.1) is 54.0 Å². The minimum atomic E-state index is -3.30. The quantitative estimate of drug-likeness (QED) is 0.178. The highest BCUT2D eigenvalue weighted by Gasteiger charge is 2.50. The molecular formula is C41H53F6N9O4. The van der Waals surface area contributed by atoms with Gasteiger partial charge in [0.15, 0.2) is 5.48 Å². The molecule has 4 heterocycles. The standard InChI is InChI=1S/C41H53F6N9O4/c1-7-29(52-36(57)21(3)48-5)38(59)55-19-40(44,45)16-25(55)15-28-27-11-9-23(42)13-31(27)50-34(28)35-51-32-14-24(43)10-12-33(32)54(35)18-26-17-41(46,47)20-56(26)39(60)30(8-2)53-37(58)22(4)49-6/h9-13,21-22,25-26,29-31,48-50H,7-8,14-20H2,1-6H3,(H,52,57)(H,53,58). The smallest absolute Gasteiger partial charge is 0.267 e. The van der Waals surface area contributed by atoms with E-state index in [2.05, 4.69) is 26.6 Å². The van der Waals surface area contributed by atoms with Crippen molar-refractivity contribution in [2.75, 3.05) is 27.2 Å². The number of nitrogens with zero attached hydrogens (tertiary/aromatic N) is 4. The molecule has 60 heavy (non-hydrogen) atoms. The molecule has 5 aliphatic rings. The van der Waals surface area contributed by atoms with Crippen LogP contribution in [0.15, 0.2) is 47.1 Å². The molecule has 0 aromatic carbocycles. The second-order valence-electron chi connectivity index (χ2n) is 16.2. The Morgan fingerprint density at radius 3 is 1.95 bits per heavy atom. The predicted molar refractivity (Wildman–Crippen MR) is 211 cm³/mol. The number of amides is 4. The fourth-order valence-electron chi connectivity index (χ4n) is 8.42. The number of fused-ring (bicyclic) bond motifs is 2. The molecule has 2 saturated heterocycles. The van der Waals surface area contributed by atoms with Gasteiger partial charge in [0, 0.05) is 31.8 Å². The molecule has 1 aromatic rings. The maximum atomic E-state index is 15.4. The van der Waals surface area contributed by atoms with E-state index >= 15 is 17.6 Å². The molecule has 0 spiro atoms. The molecule has 0 bridgehead atoms. The van der Waals surface area contributed by atoms with E-state index in [9.17, 15) is 28.0 Å². The molecule has 7 atom stereocenters. The van der Waals surface area contributed by atoms with Crippen molar-refractivity contribution in [3.63, 3.8) is 0 Å². The topological polar surface area (TPSA) is 153 Å². The lowest BCUT2D eigenvalue weighted by Crippen LogP contribution is -2.54. The van der Waals surface area contributed by atoms with Crippen molar-refractivity contribution in [3.05, 3.63) is 63.6 Å². The van der Waals surface area contributed by atoms with Gasteiger partial charge in [0.25, 0.3) is 11.8 Å². The summed E-state index contributed by atoms with van der Waals surface area (Å²) in [6.07, 6.45) is 5.04. The van der Waals surface area contributed by atoms with Crippen molar-refractivity contribution >= 4 is 35.4 Å². The number of hydrogen-bond donors (Lipinski definition) is 5. The molecule has 13 nitrogen and oxygen atoms in total. The Labute approximate surface area is 344 Å². The number of likely N-dealkylation sites (tertiary alicyclic amines) is 2. The summed E-state index contributed by atoms with van der Waals surface area (Å²) >= 11 is 0. The maximum Gasteiger partial charge on any atom is 0.267 e. The van der Waals surface area contributed by atoms with Crippen LogP contribution in [0.4, 0.5) is 26.3 Å². The number of aromatic nitrogens is 2. The fourth-order valence-corrected chi connectivity index (χ4v) is 8.42. The van der Waals surface area contributed by atoms with E-state index in [0.717, 1.165) is 9.80 Å². The maximum absolute atomic E-state index is 15.4. The summed E-state index contributed by atoms with van der Waals surface area (Å²) in [5.41, 5.74) is 1.50. The lowest BCUT2D eigenvalue weighted by molar-refractivity contribution is -0.138. The Balaban J connectivity index is 1.42. The molecule has 1 aromatic heterocycles. The lowest BCUT2D eigenvalue weighted by atomic mass is 9.94. The van der Waals surface area contributed by atoms with Crippen molar-refractivity contribution in [1.82, 2.24) is 45.9 Å². The van der Waals surface area contributed by atoms with Gasteiger partial charge >= 0.3 is 0 Å². The predicted octanol–water partition coefficient (Wildman–Crippen LogP) is 1.74. The van der Waals surface area contributed by atoms with Crippen LogP contribution in [0.1, 0.15) is 65.5 Å². The first-order valence-electron chi connectivity index (χ1n) is 20.3. The van der Waals surface area contributed by atoms with E-state index in [1.165, 1.54) is 30.4 Å². The zero-order valence-corrected chi connectivity index (χ0v) is 34.5. The van der Waals surface area contributed by atoms with Crippen LogP contribution in [-0.2, 0) is 32.1 Å². The monoisotopic (exact) mass is 849 g/mol. The summed E-state index contributed by atoms with van der Waals surface area (Å²) < 4.78 is 92.6. The average Bonchev–Trinajstić information content (AvgIpc) is 3.92. The third-order valence-corrected chi connectivity index (χ3v) is 11.9. The van der Waals surface area contributed by atoms with Crippen molar-refractivity contribution in [3.8, 4) is 0 Å². The largest absolute Gasteiger partial charge is 0.371 e. The summed E-state index contributed by atoms with van der Waals surface area (Å²) in [6.45, 7) is 4.41. The molecule has 19 heteroatoms. The average molecular weight is 850 g/mol. The molecule has 328 valence electrons. The van der Waals surface area contributed by atoms with Crippen LogP contribution in [0, 0.1) is 0 Å². The molecule has 7 unspecified atom stereocenters. The van der Waals surface area contributed by atoms with E-state index in [1.54, 1.807) is 46.4 Å². The summed E-state index contributed by atoms with van der Waals surface area (Å²) in [5, 5.41) is 14.5. The SMILES string of the molecule is CCC(NC(=O)C(C)NC)C(=O)N1CC(F)(F)CC1CC1=C2C=CC(F)=CC2NC1=c1nc2c(n1CC1CC(F)(F)CN1C(=O)C(CC)NC(=O)C(C)NC)=CC=C(F)C2. The Kier molecular flexibility index (Phi) is 13.1. The third kappa shape index (κ3) is 9.21. The normalized spacial score (nSPS) is 25.6. The summed E-state index contributed by atoms with van der Waals surface area (Å²) in [4.78, 5) is 60.3. The number of alkyl halides is 4. The van der Waals surface area contributed by atoms with E-state index < -0.39 is 115 Å². The summed E-state index contributed by atoms with van der Waals surface area (Å²) in [6, 6.07) is -6.55. The fraction of sp³-hybridized carbons (Fsp3) is 0.585. The molecular weight excluding hydrogens is 796 g/mol. The summed E-state index contributed by atoms with van der Waals surface area (Å²) in [5.74, 6) is -10.1. The number of rotatable bonds is 14. The number of carbonyl (C=O) groups is 4. The first-order valence-corrected chi connectivity index (χ1v) is 20.3. The molecule has 2 aliphatic carbocycles. The van der Waals surface area contributed by atoms with Gasteiger partial charge in [0.1, 0.15) is 23.7 Å². The summed E-state index contributed by atoms with van der Waals surface area (Å²) in [7, 11) is 3.13. The van der Waals surface area contributed by atoms with Crippen LogP contribution in [0.3, 0.4) is 0 Å². The van der Waals surface area contributed by atoms with Gasteiger partial charge < -0.3 is 41.0 Å². The molecule has 2 fully saturated rings. The number of hydrogen-bond acceptors (Lipinski definition) is 8. The molecule has 0 saturated carbocycles. The second-order valence-corrected chi connectivity index (χ2v) is 16.2. The Hall–Kier alpha value is -4.91. The van der Waals surface area contributed by atoms with Gasteiger partial charge in [-0.1, -0.05) is 19.9 Å². The lowest BCUT2D eigenvalue weighted by Gasteiger charge is -2.30. The van der Waals surface area contributed by atoms with Gasteiger partial charge in [-0.05, 0) is 82.7 Å². The Morgan fingerprint density at radius 2 is 1.40 bits per heavy atom. The molecule has 5 N–H and O–H groups in total. The van der Waals surface area contributed by atoms with Gasteiger partial charge in [-0.3, -0.25) is 19.2 Å². The van der Waals surface area contributed by atoms with Crippen molar-refractivity contribution in [2.45, 2.75) is 127 Å². The van der Waals surface area contributed by atoms with E-state index in [0.29, 0.717) is 16.5 Å². The van der Waals surface area contributed by atoms with E-state index in [-0.39, 0.29) is 49.1 Å². The number of halogens is 6. The van der Waals surface area contributed by atoms with Crippen LogP contribution < -0.4 is 37.4 Å². The number of nitrogens with one attached hydrogen (secondary N) is 5. The van der Waals surface area contributed by atoms with Gasteiger partial charge in [0.2, 0.25) is 23.6 Å². The van der Waals surface area contributed by atoms with Crippen LogP contribution in [0.25, 0.3) is 11.8 Å². The van der Waals surface area contributed by atoms with Gasteiger partial charge in [-0.25, -0.2) is 31.3 Å². The van der Waals surface area contributed by atoms with Crippen LogP contribution in [0.2, 0.25) is 0 Å². The van der Waals surface area contributed by atoms with Gasteiger partial charge in [-0.15, -0.1) is 0 Å². The number of allylic oxidation sites excluding steroid dienone is 4. The zero-order valence-electron chi connectivity index (χ0n) is 34.5. The highest BCUT2D eigenvalue weighted by atomic mass is 19.3. The van der Waals surface area contributed by atoms with Crippen molar-refractivity contribution in [2.24, 2.45) is 0 Å². The second kappa shape index (κ2) is 17.6. The molecule has 3 aliphatic heterocycles. The highest BCUT2D eigenvalue weighted by molar-refractivity contribution is 5.91. The van der Waals surface area contributed by atoms with Gasteiger partial charge in [-0.2, -0.15) is 0 Å². The number of likely N-dealkylation sites (N-methyl/N-ethyl adjacent to an activating group) is 2. The molecule has 6 rings (SSSR count).